The van der Waals surface area contributed by atoms with E-state index in [-0.39, 0.29) is 12.1 Å². The van der Waals surface area contributed by atoms with E-state index in [4.69, 9.17) is 4.74 Å². The highest BCUT2D eigenvalue weighted by Crippen LogP contribution is 2.66. The number of carbonyl (C=O) groups is 1. The van der Waals surface area contributed by atoms with Crippen molar-refractivity contribution >= 4 is 5.97 Å². The van der Waals surface area contributed by atoms with Crippen molar-refractivity contribution in [2.24, 2.45) is 34.5 Å². The highest BCUT2D eigenvalue weighted by Gasteiger charge is 2.58. The van der Waals surface area contributed by atoms with Crippen LogP contribution >= 0.6 is 0 Å². The van der Waals surface area contributed by atoms with E-state index in [0.29, 0.717) is 10.8 Å². The molecule has 4 aliphatic rings. The van der Waals surface area contributed by atoms with Crippen molar-refractivity contribution in [1.29, 1.82) is 0 Å². The topological polar surface area (TPSA) is 26.3 Å². The number of carbonyl (C=O) groups excluding carboxylic acids is 1. The van der Waals surface area contributed by atoms with Crippen molar-refractivity contribution in [2.45, 2.75) is 91.1 Å². The standard InChI is InChI=1S/C21H34O2/c1-14(22)23-16-8-6-15-7-9-17-18-5-4-11-20(18,2)12-10-19(17)21(15,3)13-16/h15-19H,4-13H2,1-3H3/t15-,16-,17+,18+,19+,20+,21+/m1/s1. The molecule has 2 nitrogen and oxygen atoms in total. The molecule has 4 aliphatic carbocycles. The van der Waals surface area contributed by atoms with Gasteiger partial charge in [-0.15, -0.1) is 0 Å². The Morgan fingerprint density at radius 1 is 0.957 bits per heavy atom. The molecule has 0 amide bonds. The number of ether oxygens (including phenoxy) is 1. The van der Waals surface area contributed by atoms with Crippen molar-refractivity contribution in [3.63, 3.8) is 0 Å². The summed E-state index contributed by atoms with van der Waals surface area (Å²) in [5.41, 5.74) is 1.07. The maximum Gasteiger partial charge on any atom is 0.302 e. The second kappa shape index (κ2) is 5.49. The van der Waals surface area contributed by atoms with Gasteiger partial charge < -0.3 is 4.74 Å². The molecule has 0 heterocycles. The Kier molecular flexibility index (Phi) is 3.81. The maximum atomic E-state index is 11.4. The molecule has 0 aromatic heterocycles. The summed E-state index contributed by atoms with van der Waals surface area (Å²) in [5.74, 6) is 3.61. The molecule has 0 bridgehead atoms. The summed E-state index contributed by atoms with van der Waals surface area (Å²) >= 11 is 0. The van der Waals surface area contributed by atoms with Crippen LogP contribution in [0.2, 0.25) is 0 Å². The molecule has 0 aromatic rings. The zero-order chi connectivity index (χ0) is 16.2. The van der Waals surface area contributed by atoms with E-state index in [2.05, 4.69) is 13.8 Å². The summed E-state index contributed by atoms with van der Waals surface area (Å²) in [7, 11) is 0. The minimum Gasteiger partial charge on any atom is -0.463 e. The molecule has 23 heavy (non-hydrogen) atoms. The zero-order valence-electron chi connectivity index (χ0n) is 15.3. The average molecular weight is 319 g/mol. The first-order valence-corrected chi connectivity index (χ1v) is 10.1. The van der Waals surface area contributed by atoms with E-state index < -0.39 is 0 Å². The van der Waals surface area contributed by atoms with Crippen LogP contribution in [0.1, 0.15) is 85.0 Å². The number of hydrogen-bond acceptors (Lipinski definition) is 2. The third-order valence-electron chi connectivity index (χ3n) is 8.68. The fourth-order valence-corrected chi connectivity index (χ4v) is 7.64. The Bertz CT molecular complexity index is 486. The predicted molar refractivity (Wildman–Crippen MR) is 91.9 cm³/mol. The normalized spacial score (nSPS) is 52.2. The first-order valence-electron chi connectivity index (χ1n) is 10.1. The van der Waals surface area contributed by atoms with Crippen LogP contribution in [0.15, 0.2) is 0 Å². The average Bonchev–Trinajstić information content (AvgIpc) is 2.87. The minimum atomic E-state index is -0.0866. The largest absolute Gasteiger partial charge is 0.463 e. The van der Waals surface area contributed by atoms with Gasteiger partial charge >= 0.3 is 5.97 Å². The summed E-state index contributed by atoms with van der Waals surface area (Å²) in [6.07, 6.45) is 13.9. The molecule has 130 valence electrons. The van der Waals surface area contributed by atoms with Crippen LogP contribution in [0.3, 0.4) is 0 Å². The fraction of sp³-hybridized carbons (Fsp3) is 0.952. The maximum absolute atomic E-state index is 11.4. The Balaban J connectivity index is 1.57. The fourth-order valence-electron chi connectivity index (χ4n) is 7.64. The molecule has 4 rings (SSSR count). The lowest BCUT2D eigenvalue weighted by Gasteiger charge is -2.60. The van der Waals surface area contributed by atoms with Gasteiger partial charge in [-0.05, 0) is 92.3 Å². The van der Waals surface area contributed by atoms with Crippen LogP contribution in [0.4, 0.5) is 0 Å². The molecule has 4 fully saturated rings. The van der Waals surface area contributed by atoms with Crippen molar-refractivity contribution in [3.05, 3.63) is 0 Å². The molecular formula is C21H34O2. The van der Waals surface area contributed by atoms with Crippen LogP contribution in [0, 0.1) is 34.5 Å². The summed E-state index contributed by atoms with van der Waals surface area (Å²) in [6, 6.07) is 0. The summed E-state index contributed by atoms with van der Waals surface area (Å²) < 4.78 is 5.65. The van der Waals surface area contributed by atoms with Crippen molar-refractivity contribution in [2.75, 3.05) is 0 Å². The summed E-state index contributed by atoms with van der Waals surface area (Å²) in [5, 5.41) is 0. The highest BCUT2D eigenvalue weighted by molar-refractivity contribution is 5.66. The van der Waals surface area contributed by atoms with Gasteiger partial charge in [0.15, 0.2) is 0 Å². The Morgan fingerprint density at radius 3 is 2.52 bits per heavy atom. The van der Waals surface area contributed by atoms with Crippen molar-refractivity contribution in [1.82, 2.24) is 0 Å². The zero-order valence-corrected chi connectivity index (χ0v) is 15.3. The lowest BCUT2D eigenvalue weighted by atomic mass is 9.45. The van der Waals surface area contributed by atoms with Crippen LogP contribution in [-0.2, 0) is 9.53 Å². The third-order valence-corrected chi connectivity index (χ3v) is 8.68. The predicted octanol–water partition coefficient (Wildman–Crippen LogP) is 5.35. The molecular weight excluding hydrogens is 284 g/mol. The molecule has 0 spiro atoms. The van der Waals surface area contributed by atoms with Gasteiger partial charge in [0.05, 0.1) is 0 Å². The second-order valence-corrected chi connectivity index (χ2v) is 9.75. The van der Waals surface area contributed by atoms with E-state index >= 15 is 0 Å². The molecule has 0 saturated heterocycles. The lowest BCUT2D eigenvalue weighted by molar-refractivity contribution is -0.161. The highest BCUT2D eigenvalue weighted by atomic mass is 16.5. The Labute approximate surface area is 141 Å². The number of esters is 1. The molecule has 0 aliphatic heterocycles. The lowest BCUT2D eigenvalue weighted by Crippen LogP contribution is -2.53. The van der Waals surface area contributed by atoms with E-state index in [1.165, 1.54) is 51.4 Å². The van der Waals surface area contributed by atoms with E-state index in [0.717, 1.165) is 36.5 Å². The van der Waals surface area contributed by atoms with Gasteiger partial charge in [-0.25, -0.2) is 0 Å². The molecule has 0 aromatic carbocycles. The quantitative estimate of drug-likeness (QED) is 0.609. The third kappa shape index (κ3) is 2.46. The smallest absolute Gasteiger partial charge is 0.302 e. The second-order valence-electron chi connectivity index (χ2n) is 9.75. The van der Waals surface area contributed by atoms with Crippen molar-refractivity contribution < 1.29 is 9.53 Å². The molecule has 7 atom stereocenters. The number of fused-ring (bicyclic) bond motifs is 5. The molecule has 4 saturated carbocycles. The van der Waals surface area contributed by atoms with Gasteiger partial charge in [-0.1, -0.05) is 20.3 Å². The molecule has 0 N–H and O–H groups in total. The Morgan fingerprint density at radius 2 is 1.74 bits per heavy atom. The monoisotopic (exact) mass is 318 g/mol. The van der Waals surface area contributed by atoms with Gasteiger partial charge in [0.1, 0.15) is 6.10 Å². The number of hydrogen-bond donors (Lipinski definition) is 0. The van der Waals surface area contributed by atoms with Crippen LogP contribution in [0.25, 0.3) is 0 Å². The SMILES string of the molecule is CC(=O)O[C@@H]1CC[C@@H]2CC[C@H]3[C@@H]4CCC[C@@]4(C)CC[C@@H]3[C@@]2(C)C1. The van der Waals surface area contributed by atoms with Crippen LogP contribution in [0.5, 0.6) is 0 Å². The van der Waals surface area contributed by atoms with E-state index in [9.17, 15) is 4.79 Å². The van der Waals surface area contributed by atoms with Crippen LogP contribution in [-0.4, -0.2) is 12.1 Å². The molecule has 0 radical (unpaired) electrons. The van der Waals surface area contributed by atoms with Crippen LogP contribution < -0.4 is 0 Å². The molecule has 0 unspecified atom stereocenters. The first kappa shape index (κ1) is 16.0. The van der Waals surface area contributed by atoms with E-state index in [1.54, 1.807) is 6.92 Å². The first-order chi connectivity index (χ1) is 10.9. The van der Waals surface area contributed by atoms with E-state index in [1.807, 2.05) is 0 Å². The Hall–Kier alpha value is -0.530. The van der Waals surface area contributed by atoms with Gasteiger partial charge in [0.25, 0.3) is 0 Å². The van der Waals surface area contributed by atoms with Crippen molar-refractivity contribution in [3.8, 4) is 0 Å². The van der Waals surface area contributed by atoms with Gasteiger partial charge in [-0.2, -0.15) is 0 Å². The van der Waals surface area contributed by atoms with Gasteiger partial charge in [0.2, 0.25) is 0 Å². The minimum absolute atomic E-state index is 0.0866. The number of rotatable bonds is 1. The summed E-state index contributed by atoms with van der Waals surface area (Å²) in [6.45, 7) is 6.71. The summed E-state index contributed by atoms with van der Waals surface area (Å²) in [4.78, 5) is 11.4. The van der Waals surface area contributed by atoms with Gasteiger partial charge in [-0.3, -0.25) is 4.79 Å². The van der Waals surface area contributed by atoms with Gasteiger partial charge in [0, 0.05) is 6.92 Å². The molecule has 2 heteroatoms.